The molecule has 2 aromatic heterocycles. The van der Waals surface area contributed by atoms with Gasteiger partial charge in [0.2, 0.25) is 5.28 Å². The number of anilines is 1. The van der Waals surface area contributed by atoms with Crippen LogP contribution in [-0.4, -0.2) is 36.4 Å². The Morgan fingerprint density at radius 1 is 1.47 bits per heavy atom. The van der Waals surface area contributed by atoms with Crippen molar-refractivity contribution >= 4 is 48.8 Å². The lowest BCUT2D eigenvalue weighted by Gasteiger charge is -2.10. The Labute approximate surface area is 119 Å². The van der Waals surface area contributed by atoms with Gasteiger partial charge < -0.3 is 5.32 Å². The molecule has 0 saturated carbocycles. The second-order valence-electron chi connectivity index (χ2n) is 4.63. The molecule has 0 amide bonds. The van der Waals surface area contributed by atoms with Gasteiger partial charge in [-0.15, -0.1) is 11.3 Å². The molecule has 0 spiro atoms. The first-order valence-electron chi connectivity index (χ1n) is 5.88. The molecular formula is C11H12ClN3O2S2. The van der Waals surface area contributed by atoms with Crippen LogP contribution >= 0.6 is 22.9 Å². The molecule has 19 heavy (non-hydrogen) atoms. The van der Waals surface area contributed by atoms with Crippen LogP contribution in [0.15, 0.2) is 11.4 Å². The van der Waals surface area contributed by atoms with Crippen LogP contribution in [0.4, 0.5) is 5.82 Å². The highest BCUT2D eigenvalue weighted by molar-refractivity contribution is 7.91. The van der Waals surface area contributed by atoms with E-state index in [4.69, 9.17) is 11.6 Å². The maximum absolute atomic E-state index is 11.4. The van der Waals surface area contributed by atoms with Crippen molar-refractivity contribution in [3.05, 3.63) is 16.7 Å². The highest BCUT2D eigenvalue weighted by Crippen LogP contribution is 2.28. The van der Waals surface area contributed by atoms with Gasteiger partial charge in [-0.05, 0) is 35.4 Å². The summed E-state index contributed by atoms with van der Waals surface area (Å²) in [5.74, 6) is 1.38. The van der Waals surface area contributed by atoms with E-state index in [1.807, 2.05) is 11.4 Å². The summed E-state index contributed by atoms with van der Waals surface area (Å²) >= 11 is 7.41. The fourth-order valence-corrected chi connectivity index (χ4v) is 5.06. The van der Waals surface area contributed by atoms with E-state index in [1.54, 1.807) is 11.3 Å². The molecule has 1 N–H and O–H groups in total. The maximum atomic E-state index is 11.4. The van der Waals surface area contributed by atoms with Crippen molar-refractivity contribution < 1.29 is 8.42 Å². The molecule has 1 saturated heterocycles. The predicted octanol–water partition coefficient (Wildman–Crippen LogP) is 2.19. The van der Waals surface area contributed by atoms with Gasteiger partial charge in [0, 0.05) is 6.54 Å². The van der Waals surface area contributed by atoms with E-state index in [9.17, 15) is 8.42 Å². The maximum Gasteiger partial charge on any atom is 0.224 e. The summed E-state index contributed by atoms with van der Waals surface area (Å²) in [5.41, 5.74) is 0.812. The predicted molar refractivity (Wildman–Crippen MR) is 77.7 cm³/mol. The zero-order chi connectivity index (χ0) is 13.5. The Kier molecular flexibility index (Phi) is 3.36. The second kappa shape index (κ2) is 4.88. The smallest absolute Gasteiger partial charge is 0.224 e. The molecule has 0 aliphatic carbocycles. The number of aromatic nitrogens is 2. The summed E-state index contributed by atoms with van der Waals surface area (Å²) in [4.78, 5) is 8.30. The average molecular weight is 318 g/mol. The van der Waals surface area contributed by atoms with Crippen molar-refractivity contribution in [3.8, 4) is 0 Å². The number of nitrogens with zero attached hydrogens (tertiary/aromatic N) is 2. The van der Waals surface area contributed by atoms with Gasteiger partial charge in [0.15, 0.2) is 9.84 Å². The Morgan fingerprint density at radius 3 is 3.05 bits per heavy atom. The number of halogens is 1. The van der Waals surface area contributed by atoms with E-state index >= 15 is 0 Å². The molecule has 3 rings (SSSR count). The number of thiophene rings is 1. The standard InChI is InChI=1S/C11H12ClN3O2S2/c12-11-14-8-1-3-18-9(8)10(15-11)13-5-7-2-4-19(16,17)6-7/h1,3,7H,2,4-6H2,(H,13,14,15). The fourth-order valence-electron chi connectivity index (χ4n) is 2.23. The number of rotatable bonds is 3. The monoisotopic (exact) mass is 317 g/mol. The molecule has 8 heteroatoms. The molecule has 1 unspecified atom stereocenters. The van der Waals surface area contributed by atoms with Gasteiger partial charge in [0.25, 0.3) is 0 Å². The van der Waals surface area contributed by atoms with Crippen molar-refractivity contribution in [1.82, 2.24) is 9.97 Å². The van der Waals surface area contributed by atoms with Crippen molar-refractivity contribution in [2.24, 2.45) is 5.92 Å². The molecule has 2 aromatic rings. The molecule has 1 fully saturated rings. The third kappa shape index (κ3) is 2.82. The summed E-state index contributed by atoms with van der Waals surface area (Å²) in [5, 5.41) is 5.34. The van der Waals surface area contributed by atoms with Crippen molar-refractivity contribution in [2.75, 3.05) is 23.4 Å². The number of fused-ring (bicyclic) bond motifs is 1. The van der Waals surface area contributed by atoms with Gasteiger partial charge in [0.1, 0.15) is 5.82 Å². The summed E-state index contributed by atoms with van der Waals surface area (Å²) in [6.07, 6.45) is 0.710. The Bertz CT molecular complexity index is 714. The third-order valence-electron chi connectivity index (χ3n) is 3.16. The van der Waals surface area contributed by atoms with E-state index in [-0.39, 0.29) is 22.7 Å². The van der Waals surface area contributed by atoms with Crippen molar-refractivity contribution in [3.63, 3.8) is 0 Å². The molecule has 102 valence electrons. The minimum atomic E-state index is -2.84. The first-order valence-corrected chi connectivity index (χ1v) is 8.96. The first-order chi connectivity index (χ1) is 9.03. The Balaban J connectivity index is 1.77. The van der Waals surface area contributed by atoms with E-state index < -0.39 is 9.84 Å². The van der Waals surface area contributed by atoms with Gasteiger partial charge in [-0.3, -0.25) is 0 Å². The molecule has 0 aromatic carbocycles. The van der Waals surface area contributed by atoms with E-state index in [0.29, 0.717) is 18.8 Å². The van der Waals surface area contributed by atoms with Crippen LogP contribution in [0.2, 0.25) is 5.28 Å². The lowest BCUT2D eigenvalue weighted by molar-refractivity contribution is 0.596. The van der Waals surface area contributed by atoms with Crippen LogP contribution in [0.25, 0.3) is 10.2 Å². The zero-order valence-electron chi connectivity index (χ0n) is 9.97. The molecule has 5 nitrogen and oxygen atoms in total. The molecular weight excluding hydrogens is 306 g/mol. The summed E-state index contributed by atoms with van der Waals surface area (Å²) in [6, 6.07) is 1.89. The normalized spacial score (nSPS) is 21.8. The summed E-state index contributed by atoms with van der Waals surface area (Å²) < 4.78 is 23.8. The number of hydrogen-bond donors (Lipinski definition) is 1. The minimum absolute atomic E-state index is 0.147. The van der Waals surface area contributed by atoms with Crippen LogP contribution in [-0.2, 0) is 9.84 Å². The lowest BCUT2D eigenvalue weighted by atomic mass is 10.1. The van der Waals surface area contributed by atoms with Crippen molar-refractivity contribution in [1.29, 1.82) is 0 Å². The molecule has 1 aliphatic heterocycles. The van der Waals surface area contributed by atoms with Crippen molar-refractivity contribution in [2.45, 2.75) is 6.42 Å². The first kappa shape index (κ1) is 13.1. The summed E-state index contributed by atoms with van der Waals surface area (Å²) in [6.45, 7) is 0.597. The molecule has 3 heterocycles. The van der Waals surface area contributed by atoms with E-state index in [1.165, 1.54) is 0 Å². The lowest BCUT2D eigenvalue weighted by Crippen LogP contribution is -2.16. The SMILES string of the molecule is O=S1(=O)CCC(CNc2nc(Cl)nc3ccsc23)C1. The largest absolute Gasteiger partial charge is 0.368 e. The number of hydrogen-bond acceptors (Lipinski definition) is 6. The van der Waals surface area contributed by atoms with Gasteiger partial charge >= 0.3 is 0 Å². The Morgan fingerprint density at radius 2 is 2.32 bits per heavy atom. The van der Waals surface area contributed by atoms with Gasteiger partial charge in [-0.2, -0.15) is 4.98 Å². The van der Waals surface area contributed by atoms with E-state index in [0.717, 1.165) is 10.2 Å². The second-order valence-corrected chi connectivity index (χ2v) is 8.11. The number of sulfone groups is 1. The molecule has 1 atom stereocenters. The average Bonchev–Trinajstić information content (AvgIpc) is 2.92. The topological polar surface area (TPSA) is 72.0 Å². The molecule has 1 aliphatic rings. The van der Waals surface area contributed by atoms with Gasteiger partial charge in [0.05, 0.1) is 21.7 Å². The third-order valence-corrected chi connectivity index (χ3v) is 6.08. The van der Waals surface area contributed by atoms with E-state index in [2.05, 4.69) is 15.3 Å². The highest BCUT2D eigenvalue weighted by atomic mass is 35.5. The van der Waals surface area contributed by atoms with Crippen LogP contribution in [0.3, 0.4) is 0 Å². The Hall–Kier alpha value is -0.920. The quantitative estimate of drug-likeness (QED) is 0.879. The molecule has 0 bridgehead atoms. The number of nitrogens with one attached hydrogen (secondary N) is 1. The van der Waals surface area contributed by atoms with Gasteiger partial charge in [-0.25, -0.2) is 13.4 Å². The fraction of sp³-hybridized carbons (Fsp3) is 0.455. The van der Waals surface area contributed by atoms with Crippen LogP contribution in [0.1, 0.15) is 6.42 Å². The highest BCUT2D eigenvalue weighted by Gasteiger charge is 2.27. The van der Waals surface area contributed by atoms with Crippen LogP contribution in [0.5, 0.6) is 0 Å². The van der Waals surface area contributed by atoms with Crippen LogP contribution in [0, 0.1) is 5.92 Å². The molecule has 0 radical (unpaired) electrons. The van der Waals surface area contributed by atoms with Crippen LogP contribution < -0.4 is 5.32 Å². The summed E-state index contributed by atoms with van der Waals surface area (Å²) in [7, 11) is -2.84. The minimum Gasteiger partial charge on any atom is -0.368 e. The van der Waals surface area contributed by atoms with Gasteiger partial charge in [-0.1, -0.05) is 0 Å². The zero-order valence-corrected chi connectivity index (χ0v) is 12.4.